The van der Waals surface area contributed by atoms with Gasteiger partial charge in [0.15, 0.2) is 0 Å². The van der Waals surface area contributed by atoms with E-state index in [-0.39, 0.29) is 5.91 Å². The maximum absolute atomic E-state index is 12.6. The Labute approximate surface area is 160 Å². The summed E-state index contributed by atoms with van der Waals surface area (Å²) in [5, 5.41) is 3.00. The van der Waals surface area contributed by atoms with Crippen LogP contribution in [0.15, 0.2) is 42.7 Å². The highest BCUT2D eigenvalue weighted by Gasteiger charge is 2.45. The largest absolute Gasteiger partial charge is 0.360 e. The van der Waals surface area contributed by atoms with Crippen LogP contribution in [-0.2, 0) is 11.2 Å². The zero-order valence-corrected chi connectivity index (χ0v) is 15.6. The van der Waals surface area contributed by atoms with Crippen LogP contribution in [0.1, 0.15) is 41.9 Å². The van der Waals surface area contributed by atoms with E-state index in [1.165, 1.54) is 18.4 Å². The number of nitrogens with one attached hydrogen (secondary N) is 1. The van der Waals surface area contributed by atoms with Crippen LogP contribution in [0.2, 0.25) is 0 Å². The number of carbonyl (C=O) groups excluding carboxylic acids is 1. The number of nitrogens with zero attached hydrogens (tertiary/aromatic N) is 3. The molecule has 138 valence electrons. The Morgan fingerprint density at radius 2 is 2.11 bits per heavy atom. The molecule has 1 saturated heterocycles. The van der Waals surface area contributed by atoms with Crippen molar-refractivity contribution in [2.24, 2.45) is 0 Å². The third-order valence-corrected chi connectivity index (χ3v) is 5.45. The van der Waals surface area contributed by atoms with E-state index in [2.05, 4.69) is 38.2 Å². The van der Waals surface area contributed by atoms with E-state index in [4.69, 9.17) is 6.57 Å². The van der Waals surface area contributed by atoms with Gasteiger partial charge in [0.05, 0.1) is 24.7 Å². The number of anilines is 1. The van der Waals surface area contributed by atoms with Crippen LogP contribution in [0.3, 0.4) is 0 Å². The summed E-state index contributed by atoms with van der Waals surface area (Å²) in [4.78, 5) is 22.7. The molecule has 1 atom stereocenters. The first-order valence-electron chi connectivity index (χ1n) is 9.52. The van der Waals surface area contributed by atoms with Gasteiger partial charge >= 0.3 is 5.66 Å². The number of carbonyl (C=O) groups is 1. The zero-order chi connectivity index (χ0) is 18.9. The second-order valence-corrected chi connectivity index (χ2v) is 7.78. The SMILES string of the molecule is [C-]#[N+]C1(NC(=O)Cc2ccc(C3CC3)cc2)CCN(c2cncc(C)c2)C1. The van der Waals surface area contributed by atoms with E-state index in [1.54, 1.807) is 0 Å². The molecule has 2 heterocycles. The van der Waals surface area contributed by atoms with Gasteiger partial charge in [-0.1, -0.05) is 24.3 Å². The molecule has 1 N–H and O–H groups in total. The van der Waals surface area contributed by atoms with Crippen molar-refractivity contribution in [3.63, 3.8) is 0 Å². The second kappa shape index (κ2) is 7.03. The summed E-state index contributed by atoms with van der Waals surface area (Å²) in [6.07, 6.45) is 7.12. The van der Waals surface area contributed by atoms with Crippen LogP contribution >= 0.6 is 0 Å². The molecule has 1 aliphatic carbocycles. The molecular weight excluding hydrogens is 336 g/mol. The van der Waals surface area contributed by atoms with Gasteiger partial charge in [-0.3, -0.25) is 19.9 Å². The first kappa shape index (κ1) is 17.5. The molecule has 2 fully saturated rings. The predicted octanol–water partition coefficient (Wildman–Crippen LogP) is 3.45. The van der Waals surface area contributed by atoms with Crippen LogP contribution in [0.25, 0.3) is 4.85 Å². The van der Waals surface area contributed by atoms with Gasteiger partial charge in [-0.05, 0) is 48.4 Å². The lowest BCUT2D eigenvalue weighted by Crippen LogP contribution is -2.48. The monoisotopic (exact) mass is 360 g/mol. The lowest BCUT2D eigenvalue weighted by atomic mass is 10.1. The van der Waals surface area contributed by atoms with Crippen molar-refractivity contribution in [1.29, 1.82) is 0 Å². The van der Waals surface area contributed by atoms with Gasteiger partial charge in [0.1, 0.15) is 6.54 Å². The van der Waals surface area contributed by atoms with Crippen LogP contribution in [-0.4, -0.2) is 29.6 Å². The zero-order valence-electron chi connectivity index (χ0n) is 15.6. The molecule has 1 saturated carbocycles. The average molecular weight is 360 g/mol. The number of benzene rings is 1. The van der Waals surface area contributed by atoms with Gasteiger partial charge in [0.2, 0.25) is 5.91 Å². The number of rotatable bonds is 5. The molecular formula is C22H24N4O. The van der Waals surface area contributed by atoms with Gasteiger partial charge in [0.25, 0.3) is 0 Å². The first-order valence-corrected chi connectivity index (χ1v) is 9.52. The summed E-state index contributed by atoms with van der Waals surface area (Å²) in [7, 11) is 0. The fourth-order valence-corrected chi connectivity index (χ4v) is 3.76. The topological polar surface area (TPSA) is 49.6 Å². The summed E-state index contributed by atoms with van der Waals surface area (Å²) in [5.41, 5.74) is 3.61. The predicted molar refractivity (Wildman–Crippen MR) is 105 cm³/mol. The number of hydrogen-bond acceptors (Lipinski definition) is 3. The van der Waals surface area contributed by atoms with Gasteiger partial charge in [0, 0.05) is 12.7 Å². The highest BCUT2D eigenvalue weighted by Crippen LogP contribution is 2.39. The molecule has 5 heteroatoms. The third-order valence-electron chi connectivity index (χ3n) is 5.45. The Balaban J connectivity index is 1.39. The van der Waals surface area contributed by atoms with Crippen LogP contribution in [0.4, 0.5) is 5.69 Å². The van der Waals surface area contributed by atoms with E-state index >= 15 is 0 Å². The number of aromatic nitrogens is 1. The van der Waals surface area contributed by atoms with Crippen molar-refractivity contribution in [3.8, 4) is 0 Å². The second-order valence-electron chi connectivity index (χ2n) is 7.78. The molecule has 0 spiro atoms. The van der Waals surface area contributed by atoms with E-state index in [9.17, 15) is 4.79 Å². The van der Waals surface area contributed by atoms with Crippen molar-refractivity contribution in [1.82, 2.24) is 10.3 Å². The number of aryl methyl sites for hydroxylation is 1. The highest BCUT2D eigenvalue weighted by atomic mass is 16.1. The molecule has 2 aliphatic rings. The molecule has 1 aromatic carbocycles. The standard InChI is InChI=1S/C22H24N4O/c1-16-11-20(14-24-13-16)26-10-9-22(15-26,23-2)25-21(27)12-17-3-5-18(6-4-17)19-7-8-19/h3-6,11,13-14,19H,7-10,12,15H2,1H3,(H,25,27). The minimum Gasteiger partial charge on any atom is -0.360 e. The molecule has 27 heavy (non-hydrogen) atoms. The van der Waals surface area contributed by atoms with E-state index in [0.717, 1.165) is 29.3 Å². The van der Waals surface area contributed by atoms with Crippen LogP contribution in [0, 0.1) is 13.5 Å². The van der Waals surface area contributed by atoms with E-state index in [1.807, 2.05) is 31.5 Å². The Morgan fingerprint density at radius 3 is 2.78 bits per heavy atom. The molecule has 1 amide bonds. The van der Waals surface area contributed by atoms with E-state index in [0.29, 0.717) is 19.4 Å². The van der Waals surface area contributed by atoms with Gasteiger partial charge in [-0.15, -0.1) is 0 Å². The van der Waals surface area contributed by atoms with Crippen molar-refractivity contribution in [2.75, 3.05) is 18.0 Å². The molecule has 1 aliphatic heterocycles. The molecule has 2 aromatic rings. The summed E-state index contributed by atoms with van der Waals surface area (Å²) in [5.74, 6) is 0.633. The summed E-state index contributed by atoms with van der Waals surface area (Å²) < 4.78 is 0. The third kappa shape index (κ3) is 3.95. The molecule has 5 nitrogen and oxygen atoms in total. The minimum absolute atomic E-state index is 0.0885. The fraction of sp³-hybridized carbons (Fsp3) is 0.409. The Bertz CT molecular complexity index is 882. The van der Waals surface area contributed by atoms with Crippen molar-refractivity contribution >= 4 is 11.6 Å². The van der Waals surface area contributed by atoms with E-state index < -0.39 is 5.66 Å². The molecule has 1 unspecified atom stereocenters. The lowest BCUT2D eigenvalue weighted by molar-refractivity contribution is -0.121. The fourth-order valence-electron chi connectivity index (χ4n) is 3.76. The molecule has 0 bridgehead atoms. The lowest BCUT2D eigenvalue weighted by Gasteiger charge is -2.21. The van der Waals surface area contributed by atoms with Crippen molar-refractivity contribution < 1.29 is 4.79 Å². The number of pyridine rings is 1. The Kier molecular flexibility index (Phi) is 4.57. The first-order chi connectivity index (χ1) is 13.1. The van der Waals surface area contributed by atoms with Gasteiger partial charge in [-0.2, -0.15) is 0 Å². The minimum atomic E-state index is -0.852. The smallest absolute Gasteiger partial charge is 0.326 e. The maximum atomic E-state index is 12.6. The molecule has 4 rings (SSSR count). The normalized spacial score (nSPS) is 21.7. The molecule has 0 radical (unpaired) electrons. The summed E-state index contributed by atoms with van der Waals surface area (Å²) in [6, 6.07) is 10.4. The quantitative estimate of drug-likeness (QED) is 0.831. The van der Waals surface area contributed by atoms with Gasteiger partial charge < -0.3 is 4.90 Å². The Hall–Kier alpha value is -2.87. The number of amides is 1. The average Bonchev–Trinajstić information content (AvgIpc) is 3.43. The molecule has 1 aromatic heterocycles. The maximum Gasteiger partial charge on any atom is 0.326 e. The number of hydrogen-bond donors (Lipinski definition) is 1. The Morgan fingerprint density at radius 1 is 1.33 bits per heavy atom. The van der Waals surface area contributed by atoms with Crippen LogP contribution < -0.4 is 10.2 Å². The van der Waals surface area contributed by atoms with Crippen LogP contribution in [0.5, 0.6) is 0 Å². The summed E-state index contributed by atoms with van der Waals surface area (Å²) in [6.45, 7) is 10.9. The van der Waals surface area contributed by atoms with Crippen molar-refractivity contribution in [2.45, 2.75) is 44.2 Å². The van der Waals surface area contributed by atoms with Gasteiger partial charge in [-0.25, -0.2) is 6.57 Å². The highest BCUT2D eigenvalue weighted by molar-refractivity contribution is 5.80. The summed E-state index contributed by atoms with van der Waals surface area (Å²) >= 11 is 0. The van der Waals surface area contributed by atoms with Crippen molar-refractivity contribution in [3.05, 3.63) is 70.8 Å².